The summed E-state index contributed by atoms with van der Waals surface area (Å²) in [5.41, 5.74) is 4.83. The first-order valence-electron chi connectivity index (χ1n) is 10.0. The van der Waals surface area contributed by atoms with E-state index in [-0.39, 0.29) is 0 Å². The van der Waals surface area contributed by atoms with Crippen molar-refractivity contribution in [1.29, 1.82) is 0 Å². The van der Waals surface area contributed by atoms with Crippen molar-refractivity contribution in [2.45, 2.75) is 32.7 Å². The van der Waals surface area contributed by atoms with Crippen LogP contribution in [-0.2, 0) is 13.0 Å². The van der Waals surface area contributed by atoms with Gasteiger partial charge in [-0.15, -0.1) is 5.10 Å². The van der Waals surface area contributed by atoms with Gasteiger partial charge in [0.2, 0.25) is 5.88 Å². The topological polar surface area (TPSA) is 30.3 Å². The fourth-order valence-corrected chi connectivity index (χ4v) is 4.05. The molecule has 0 aliphatic carbocycles. The molecule has 3 aromatic rings. The summed E-state index contributed by atoms with van der Waals surface area (Å²) in [6.07, 6.45) is 3.28. The van der Waals surface area contributed by atoms with E-state index in [9.17, 15) is 0 Å². The molecule has 0 bridgehead atoms. The van der Waals surface area contributed by atoms with Crippen molar-refractivity contribution in [3.8, 4) is 11.6 Å². The van der Waals surface area contributed by atoms with Crippen molar-refractivity contribution < 1.29 is 4.74 Å². The van der Waals surface area contributed by atoms with Gasteiger partial charge in [-0.3, -0.25) is 4.90 Å². The molecule has 0 N–H and O–H groups in total. The normalized spacial score (nSPS) is 14.0. The first-order chi connectivity index (χ1) is 14.1. The molecule has 152 valence electrons. The molecule has 2 aromatic carbocycles. The summed E-state index contributed by atoms with van der Waals surface area (Å²) in [6.45, 7) is 5.97. The number of hydrogen-bond donors (Lipinski definition) is 0. The summed E-state index contributed by atoms with van der Waals surface area (Å²) in [5, 5.41) is 5.60. The number of ether oxygens (including phenoxy) is 1. The van der Waals surface area contributed by atoms with Crippen molar-refractivity contribution in [2.75, 3.05) is 19.7 Å². The van der Waals surface area contributed by atoms with Gasteiger partial charge < -0.3 is 4.74 Å². The number of aromatic nitrogens is 2. The van der Waals surface area contributed by atoms with Crippen LogP contribution in [0.5, 0.6) is 5.88 Å². The highest BCUT2D eigenvalue weighted by molar-refractivity contribution is 6.42. The number of halogens is 2. The fraction of sp³-hybridized carbons (Fsp3) is 0.348. The number of aryl methyl sites for hydroxylation is 1. The molecule has 0 radical (unpaired) electrons. The Balaban J connectivity index is 1.24. The van der Waals surface area contributed by atoms with Crippen LogP contribution in [-0.4, -0.2) is 34.4 Å². The maximum absolute atomic E-state index is 6.12. The average molecular weight is 430 g/mol. The standard InChI is InChI=1S/C23H25Cl2N3O/c1-17-14-23(26-28(17)20-8-9-21(24)22(25)15-20)29-13-5-4-11-27-12-10-18-6-2-3-7-19(18)16-27/h2-3,6-9,14-15H,4-5,10-13,16H2,1H3. The maximum Gasteiger partial charge on any atom is 0.233 e. The minimum Gasteiger partial charge on any atom is -0.477 e. The summed E-state index contributed by atoms with van der Waals surface area (Å²) >= 11 is 12.1. The van der Waals surface area contributed by atoms with Crippen LogP contribution in [0.3, 0.4) is 0 Å². The number of nitrogens with zero attached hydrogens (tertiary/aromatic N) is 3. The third-order valence-electron chi connectivity index (χ3n) is 5.34. The third-order valence-corrected chi connectivity index (χ3v) is 6.08. The lowest BCUT2D eigenvalue weighted by atomic mass is 10.00. The Morgan fingerprint density at radius 2 is 1.83 bits per heavy atom. The van der Waals surface area contributed by atoms with Gasteiger partial charge in [-0.2, -0.15) is 0 Å². The largest absolute Gasteiger partial charge is 0.477 e. The Hall–Kier alpha value is -2.01. The highest BCUT2D eigenvalue weighted by Gasteiger charge is 2.15. The SMILES string of the molecule is Cc1cc(OCCCCN2CCc3ccccc3C2)nn1-c1ccc(Cl)c(Cl)c1. The van der Waals surface area contributed by atoms with E-state index in [2.05, 4.69) is 34.3 Å². The van der Waals surface area contributed by atoms with Crippen molar-refractivity contribution in [1.82, 2.24) is 14.7 Å². The van der Waals surface area contributed by atoms with E-state index in [1.165, 1.54) is 11.1 Å². The van der Waals surface area contributed by atoms with E-state index in [0.29, 0.717) is 22.5 Å². The lowest BCUT2D eigenvalue weighted by molar-refractivity contribution is 0.233. The van der Waals surface area contributed by atoms with Gasteiger partial charge in [-0.05, 0) is 62.1 Å². The van der Waals surface area contributed by atoms with Gasteiger partial charge in [0, 0.05) is 24.8 Å². The van der Waals surface area contributed by atoms with Gasteiger partial charge in [0.25, 0.3) is 0 Å². The van der Waals surface area contributed by atoms with E-state index in [1.807, 2.05) is 29.8 Å². The van der Waals surface area contributed by atoms with Gasteiger partial charge in [-0.1, -0.05) is 47.5 Å². The van der Waals surface area contributed by atoms with Crippen LogP contribution in [0.25, 0.3) is 5.69 Å². The van der Waals surface area contributed by atoms with Crippen LogP contribution in [0.4, 0.5) is 0 Å². The van der Waals surface area contributed by atoms with Gasteiger partial charge >= 0.3 is 0 Å². The van der Waals surface area contributed by atoms with E-state index in [4.69, 9.17) is 27.9 Å². The van der Waals surface area contributed by atoms with Crippen molar-refractivity contribution >= 4 is 23.2 Å². The first-order valence-corrected chi connectivity index (χ1v) is 10.8. The third kappa shape index (κ3) is 4.95. The molecular weight excluding hydrogens is 405 g/mol. The molecule has 0 unspecified atom stereocenters. The van der Waals surface area contributed by atoms with Crippen LogP contribution in [0.15, 0.2) is 48.5 Å². The number of unbranched alkanes of at least 4 members (excludes halogenated alkanes) is 1. The molecule has 1 aliphatic rings. The van der Waals surface area contributed by atoms with Crippen LogP contribution in [0, 0.1) is 6.92 Å². The Labute approximate surface area is 182 Å². The molecule has 6 heteroatoms. The summed E-state index contributed by atoms with van der Waals surface area (Å²) in [5.74, 6) is 0.639. The second-order valence-electron chi connectivity index (χ2n) is 7.48. The second-order valence-corrected chi connectivity index (χ2v) is 8.30. The van der Waals surface area contributed by atoms with Crippen molar-refractivity contribution in [3.05, 3.63) is 75.4 Å². The zero-order valence-corrected chi connectivity index (χ0v) is 18.1. The summed E-state index contributed by atoms with van der Waals surface area (Å²) in [4.78, 5) is 2.53. The predicted molar refractivity (Wildman–Crippen MR) is 118 cm³/mol. The molecule has 0 saturated heterocycles. The van der Waals surface area contributed by atoms with Gasteiger partial charge in [0.15, 0.2) is 0 Å². The summed E-state index contributed by atoms with van der Waals surface area (Å²) in [7, 11) is 0. The fourth-order valence-electron chi connectivity index (χ4n) is 3.75. The highest BCUT2D eigenvalue weighted by atomic mass is 35.5. The minimum atomic E-state index is 0.516. The lowest BCUT2D eigenvalue weighted by Crippen LogP contribution is -2.31. The average Bonchev–Trinajstić information content (AvgIpc) is 3.10. The number of hydrogen-bond acceptors (Lipinski definition) is 3. The molecule has 0 saturated carbocycles. The van der Waals surface area contributed by atoms with E-state index < -0.39 is 0 Å². The summed E-state index contributed by atoms with van der Waals surface area (Å²) < 4.78 is 7.70. The van der Waals surface area contributed by atoms with Crippen LogP contribution in [0.2, 0.25) is 10.0 Å². The van der Waals surface area contributed by atoms with Crippen molar-refractivity contribution in [2.24, 2.45) is 0 Å². The molecule has 1 aliphatic heterocycles. The molecule has 0 amide bonds. The van der Waals surface area contributed by atoms with E-state index >= 15 is 0 Å². The second kappa shape index (κ2) is 9.21. The minimum absolute atomic E-state index is 0.516. The van der Waals surface area contributed by atoms with Gasteiger partial charge in [0.05, 0.1) is 22.3 Å². The maximum atomic E-state index is 6.12. The first kappa shape index (κ1) is 20.3. The molecule has 0 spiro atoms. The van der Waals surface area contributed by atoms with Gasteiger partial charge in [0.1, 0.15) is 0 Å². The highest BCUT2D eigenvalue weighted by Crippen LogP contribution is 2.26. The molecule has 4 nitrogen and oxygen atoms in total. The molecule has 2 heterocycles. The Bertz CT molecular complexity index is 986. The number of fused-ring (bicyclic) bond motifs is 1. The number of benzene rings is 2. The molecule has 4 rings (SSSR count). The Kier molecular flexibility index (Phi) is 6.43. The van der Waals surface area contributed by atoms with Crippen LogP contribution in [0.1, 0.15) is 29.7 Å². The van der Waals surface area contributed by atoms with Gasteiger partial charge in [-0.25, -0.2) is 4.68 Å². The van der Waals surface area contributed by atoms with Crippen molar-refractivity contribution in [3.63, 3.8) is 0 Å². The van der Waals surface area contributed by atoms with Crippen LogP contribution >= 0.6 is 23.2 Å². The molecule has 1 aromatic heterocycles. The predicted octanol–water partition coefficient (Wildman–Crippen LogP) is 5.70. The molecule has 0 atom stereocenters. The lowest BCUT2D eigenvalue weighted by Gasteiger charge is -2.28. The molecule has 29 heavy (non-hydrogen) atoms. The number of rotatable bonds is 7. The Morgan fingerprint density at radius 3 is 2.66 bits per heavy atom. The van der Waals surface area contributed by atoms with E-state index in [0.717, 1.165) is 50.3 Å². The smallest absolute Gasteiger partial charge is 0.233 e. The molecular formula is C23H25Cl2N3O. The quantitative estimate of drug-likeness (QED) is 0.450. The van der Waals surface area contributed by atoms with Crippen LogP contribution < -0.4 is 4.74 Å². The van der Waals surface area contributed by atoms with E-state index in [1.54, 1.807) is 6.07 Å². The zero-order valence-electron chi connectivity index (χ0n) is 16.6. The monoisotopic (exact) mass is 429 g/mol. The summed E-state index contributed by atoms with van der Waals surface area (Å²) in [6, 6.07) is 16.2. The Morgan fingerprint density at radius 1 is 1.00 bits per heavy atom. The molecule has 0 fully saturated rings. The zero-order chi connectivity index (χ0) is 20.2.